The first-order valence-corrected chi connectivity index (χ1v) is 10.0. The first-order chi connectivity index (χ1) is 16.6. The summed E-state index contributed by atoms with van der Waals surface area (Å²) in [6.45, 7) is -1.48. The predicted molar refractivity (Wildman–Crippen MR) is 115 cm³/mol. The zero-order valence-corrected chi connectivity index (χ0v) is 17.7. The summed E-state index contributed by atoms with van der Waals surface area (Å²) in [5, 5.41) is 6.27. The van der Waals surface area contributed by atoms with Crippen molar-refractivity contribution in [1.29, 1.82) is 0 Å². The highest BCUT2D eigenvalue weighted by Crippen LogP contribution is 2.31. The lowest BCUT2D eigenvalue weighted by molar-refractivity contribution is -0.154. The highest BCUT2D eigenvalue weighted by molar-refractivity contribution is 5.82. The molecule has 0 radical (unpaired) electrons. The number of anilines is 3. The summed E-state index contributed by atoms with van der Waals surface area (Å²) in [5.41, 5.74) is 0.594. The molecule has 4 aromatic rings. The van der Waals surface area contributed by atoms with Crippen LogP contribution in [0.2, 0.25) is 0 Å². The van der Waals surface area contributed by atoms with Crippen LogP contribution in [-0.2, 0) is 12.7 Å². The summed E-state index contributed by atoms with van der Waals surface area (Å²) >= 11 is 0. The van der Waals surface area contributed by atoms with Crippen molar-refractivity contribution < 1.29 is 31.1 Å². The molecule has 2 heterocycles. The molecule has 0 saturated heterocycles. The van der Waals surface area contributed by atoms with Gasteiger partial charge in [-0.25, -0.2) is 0 Å². The fraction of sp³-hybridized carbons (Fsp3) is 0.182. The van der Waals surface area contributed by atoms with E-state index >= 15 is 0 Å². The normalized spacial score (nSPS) is 11.9. The van der Waals surface area contributed by atoms with E-state index < -0.39 is 30.5 Å². The maximum atomic E-state index is 13.0. The number of hydrogen-bond acceptors (Lipinski definition) is 7. The van der Waals surface area contributed by atoms with Crippen LogP contribution in [0.5, 0.6) is 6.01 Å². The fourth-order valence-electron chi connectivity index (χ4n) is 3.10. The molecule has 0 saturated carbocycles. The quantitative estimate of drug-likeness (QED) is 0.317. The first-order valence-electron chi connectivity index (χ1n) is 10.0. The van der Waals surface area contributed by atoms with Crippen LogP contribution >= 0.6 is 0 Å². The van der Waals surface area contributed by atoms with Crippen molar-refractivity contribution in [2.75, 3.05) is 17.2 Å². The van der Waals surface area contributed by atoms with Gasteiger partial charge in [0.1, 0.15) is 0 Å². The number of hydrogen-bond donors (Lipinski definition) is 2. The van der Waals surface area contributed by atoms with Crippen molar-refractivity contribution in [3.8, 4) is 6.01 Å². The summed E-state index contributed by atoms with van der Waals surface area (Å²) in [4.78, 5) is 15.9. The Morgan fingerprint density at radius 2 is 1.60 bits per heavy atom. The number of nitrogens with one attached hydrogen (secondary N) is 2. The Balaban J connectivity index is 1.60. The van der Waals surface area contributed by atoms with E-state index in [2.05, 4.69) is 35.3 Å². The summed E-state index contributed by atoms with van der Waals surface area (Å²) in [6.07, 6.45) is -7.59. The number of aromatic nitrogens is 4. The molecule has 0 unspecified atom stereocenters. The molecule has 0 bridgehead atoms. The number of pyridine rings is 1. The van der Waals surface area contributed by atoms with Gasteiger partial charge in [-0.15, -0.1) is 0 Å². The smallest absolute Gasteiger partial charge is 0.422 e. The molecular formula is C22H16F6N6O. The van der Waals surface area contributed by atoms with Gasteiger partial charge in [0.2, 0.25) is 11.9 Å². The lowest BCUT2D eigenvalue weighted by atomic mass is 10.1. The lowest BCUT2D eigenvalue weighted by Gasteiger charge is -2.13. The van der Waals surface area contributed by atoms with Crippen molar-refractivity contribution in [1.82, 2.24) is 19.9 Å². The zero-order valence-electron chi connectivity index (χ0n) is 17.7. The van der Waals surface area contributed by atoms with Crippen molar-refractivity contribution in [3.63, 3.8) is 0 Å². The molecule has 182 valence electrons. The van der Waals surface area contributed by atoms with Gasteiger partial charge in [-0.05, 0) is 35.9 Å². The summed E-state index contributed by atoms with van der Waals surface area (Å²) in [7, 11) is 0. The first kappa shape index (κ1) is 24.0. The van der Waals surface area contributed by atoms with E-state index in [1.807, 2.05) is 18.2 Å². The molecule has 2 aromatic heterocycles. The van der Waals surface area contributed by atoms with E-state index in [1.165, 1.54) is 12.1 Å². The maximum absolute atomic E-state index is 13.0. The monoisotopic (exact) mass is 494 g/mol. The largest absolute Gasteiger partial charge is 0.454 e. The van der Waals surface area contributed by atoms with Crippen LogP contribution in [0.4, 0.5) is 43.9 Å². The van der Waals surface area contributed by atoms with Crippen LogP contribution < -0.4 is 15.4 Å². The number of halogens is 6. The summed E-state index contributed by atoms with van der Waals surface area (Å²) in [6, 6.07) is 12.6. The second-order valence-corrected chi connectivity index (χ2v) is 7.21. The Labute approximate surface area is 194 Å². The number of benzene rings is 2. The van der Waals surface area contributed by atoms with Crippen LogP contribution in [0.15, 0.2) is 60.8 Å². The Morgan fingerprint density at radius 3 is 2.37 bits per heavy atom. The molecule has 2 N–H and O–H groups in total. The molecule has 4 rings (SSSR count). The lowest BCUT2D eigenvalue weighted by Crippen LogP contribution is -2.21. The minimum Gasteiger partial charge on any atom is -0.454 e. The molecule has 0 amide bonds. The molecule has 0 fully saturated rings. The second kappa shape index (κ2) is 9.60. The van der Waals surface area contributed by atoms with Crippen molar-refractivity contribution in [2.45, 2.75) is 18.9 Å². The topological polar surface area (TPSA) is 84.8 Å². The third kappa shape index (κ3) is 6.46. The third-order valence-electron chi connectivity index (χ3n) is 4.60. The molecule has 0 spiro atoms. The van der Waals surface area contributed by atoms with Crippen LogP contribution in [0.3, 0.4) is 0 Å². The zero-order chi connectivity index (χ0) is 25.1. The van der Waals surface area contributed by atoms with Gasteiger partial charge in [-0.2, -0.15) is 41.3 Å². The molecule has 0 aliphatic carbocycles. The van der Waals surface area contributed by atoms with Crippen LogP contribution in [0.1, 0.15) is 11.1 Å². The summed E-state index contributed by atoms with van der Waals surface area (Å²) in [5.74, 6) is -0.453. The minimum atomic E-state index is -4.65. The highest BCUT2D eigenvalue weighted by atomic mass is 19.4. The van der Waals surface area contributed by atoms with Crippen molar-refractivity contribution in [2.24, 2.45) is 0 Å². The number of alkyl halides is 6. The van der Waals surface area contributed by atoms with Crippen LogP contribution in [0.25, 0.3) is 10.9 Å². The van der Waals surface area contributed by atoms with Crippen LogP contribution in [0, 0.1) is 0 Å². The van der Waals surface area contributed by atoms with Gasteiger partial charge in [0.25, 0.3) is 0 Å². The van der Waals surface area contributed by atoms with Gasteiger partial charge in [0.15, 0.2) is 6.61 Å². The Bertz CT molecular complexity index is 1320. The average molecular weight is 494 g/mol. The van der Waals surface area contributed by atoms with Crippen LogP contribution in [-0.4, -0.2) is 32.7 Å². The molecular weight excluding hydrogens is 478 g/mol. The van der Waals surface area contributed by atoms with Gasteiger partial charge >= 0.3 is 18.4 Å². The molecule has 0 atom stereocenters. The number of nitrogens with zero attached hydrogens (tertiary/aromatic N) is 4. The SMILES string of the molecule is FC(F)(F)COc1nc(NCc2cccc3ncccc23)nc(Nc2cccc(C(F)(F)F)c2)n1. The van der Waals surface area contributed by atoms with Crippen molar-refractivity contribution >= 4 is 28.5 Å². The minimum absolute atomic E-state index is 0.0288. The Kier molecular flexibility index (Phi) is 6.58. The number of ether oxygens (including phenoxy) is 1. The van der Waals surface area contributed by atoms with E-state index in [4.69, 9.17) is 0 Å². The average Bonchev–Trinajstić information content (AvgIpc) is 2.80. The number of fused-ring (bicyclic) bond motifs is 1. The second-order valence-electron chi connectivity index (χ2n) is 7.21. The fourth-order valence-corrected chi connectivity index (χ4v) is 3.10. The van der Waals surface area contributed by atoms with Gasteiger partial charge in [0, 0.05) is 23.8 Å². The van der Waals surface area contributed by atoms with E-state index in [9.17, 15) is 26.3 Å². The third-order valence-corrected chi connectivity index (χ3v) is 4.60. The summed E-state index contributed by atoms with van der Waals surface area (Å²) < 4.78 is 81.5. The molecule has 13 heteroatoms. The standard InChI is InChI=1S/C22H16F6N6O/c23-21(24,25)12-35-20-33-18(30-11-13-4-1-8-17-16(13)7-3-9-29-17)32-19(34-20)31-15-6-2-5-14(10-15)22(26,27)28/h1-10H,11-12H2,(H2,30,31,32,33,34). The predicted octanol–water partition coefficient (Wildman–Crippen LogP) is 5.74. The Hall–Kier alpha value is -4.16. The van der Waals surface area contributed by atoms with E-state index in [0.717, 1.165) is 28.6 Å². The molecule has 2 aromatic carbocycles. The Morgan fingerprint density at radius 1 is 0.829 bits per heavy atom. The molecule has 7 nitrogen and oxygen atoms in total. The maximum Gasteiger partial charge on any atom is 0.422 e. The van der Waals surface area contributed by atoms with Gasteiger partial charge in [-0.3, -0.25) is 4.98 Å². The van der Waals surface area contributed by atoms with Gasteiger partial charge in [0.05, 0.1) is 11.1 Å². The van der Waals surface area contributed by atoms with Gasteiger partial charge < -0.3 is 15.4 Å². The van der Waals surface area contributed by atoms with Gasteiger partial charge in [-0.1, -0.05) is 24.3 Å². The molecule has 35 heavy (non-hydrogen) atoms. The van der Waals surface area contributed by atoms with E-state index in [0.29, 0.717) is 0 Å². The number of rotatable bonds is 7. The highest BCUT2D eigenvalue weighted by Gasteiger charge is 2.31. The molecule has 0 aliphatic heterocycles. The molecule has 0 aliphatic rings. The van der Waals surface area contributed by atoms with E-state index in [1.54, 1.807) is 18.3 Å². The van der Waals surface area contributed by atoms with E-state index in [-0.39, 0.29) is 24.1 Å². The van der Waals surface area contributed by atoms with Crippen molar-refractivity contribution in [3.05, 3.63) is 71.9 Å².